The van der Waals surface area contributed by atoms with Crippen LogP contribution in [0.4, 0.5) is 0 Å². The first-order valence-electron chi connectivity index (χ1n) is 3.70. The van der Waals surface area contributed by atoms with Gasteiger partial charge >= 0.3 is 0 Å². The van der Waals surface area contributed by atoms with Gasteiger partial charge in [-0.05, 0) is 20.4 Å². The molecule has 0 unspecified atom stereocenters. The average Bonchev–Trinajstić information content (AvgIpc) is 1.98. The SMILES string of the molecule is C=C(OCCCl)N(C)C(C)C. The predicted molar refractivity (Wildman–Crippen MR) is 48.7 cm³/mol. The van der Waals surface area contributed by atoms with Crippen molar-refractivity contribution in [2.24, 2.45) is 0 Å². The van der Waals surface area contributed by atoms with E-state index in [9.17, 15) is 0 Å². The number of halogens is 1. The molecule has 0 saturated carbocycles. The van der Waals surface area contributed by atoms with Crippen LogP contribution >= 0.6 is 11.6 Å². The molecule has 0 amide bonds. The summed E-state index contributed by atoms with van der Waals surface area (Å²) in [4.78, 5) is 1.96. The highest BCUT2D eigenvalue weighted by molar-refractivity contribution is 6.17. The zero-order chi connectivity index (χ0) is 8.85. The van der Waals surface area contributed by atoms with Gasteiger partial charge < -0.3 is 9.64 Å². The molecule has 66 valence electrons. The van der Waals surface area contributed by atoms with Crippen molar-refractivity contribution < 1.29 is 4.74 Å². The van der Waals surface area contributed by atoms with Crippen LogP contribution in [0.25, 0.3) is 0 Å². The molecule has 0 aromatic heterocycles. The van der Waals surface area contributed by atoms with Gasteiger partial charge in [-0.25, -0.2) is 0 Å². The summed E-state index contributed by atoms with van der Waals surface area (Å²) in [6.07, 6.45) is 0. The summed E-state index contributed by atoms with van der Waals surface area (Å²) >= 11 is 5.45. The number of rotatable bonds is 5. The van der Waals surface area contributed by atoms with Gasteiger partial charge in [-0.2, -0.15) is 0 Å². The standard InChI is InChI=1S/C8H16ClNO/c1-7(2)10(4)8(3)11-6-5-9/h7H,3,5-6H2,1-2,4H3. The fraction of sp³-hybridized carbons (Fsp3) is 0.750. The van der Waals surface area contributed by atoms with Crippen LogP contribution in [0.1, 0.15) is 13.8 Å². The highest BCUT2D eigenvalue weighted by Crippen LogP contribution is 2.04. The summed E-state index contributed by atoms with van der Waals surface area (Å²) < 4.78 is 5.21. The molecule has 3 heteroatoms. The normalized spacial score (nSPS) is 9.91. The Morgan fingerprint density at radius 1 is 1.64 bits per heavy atom. The van der Waals surface area contributed by atoms with Gasteiger partial charge in [0, 0.05) is 13.1 Å². The summed E-state index contributed by atoms with van der Waals surface area (Å²) in [6, 6.07) is 0.415. The van der Waals surface area contributed by atoms with Gasteiger partial charge in [-0.1, -0.05) is 0 Å². The number of nitrogens with zero attached hydrogens (tertiary/aromatic N) is 1. The van der Waals surface area contributed by atoms with Crippen molar-refractivity contribution in [2.45, 2.75) is 19.9 Å². The maximum Gasteiger partial charge on any atom is 0.181 e. The summed E-state index contributed by atoms with van der Waals surface area (Å²) in [5, 5.41) is 0. The molecule has 2 nitrogen and oxygen atoms in total. The predicted octanol–water partition coefficient (Wildman–Crippen LogP) is 2.05. The van der Waals surface area contributed by atoms with E-state index in [2.05, 4.69) is 20.4 Å². The minimum Gasteiger partial charge on any atom is -0.478 e. The Balaban J connectivity index is 3.64. The monoisotopic (exact) mass is 177 g/mol. The topological polar surface area (TPSA) is 12.5 Å². The largest absolute Gasteiger partial charge is 0.478 e. The number of alkyl halides is 1. The first-order valence-corrected chi connectivity index (χ1v) is 4.23. The Kier molecular flexibility index (Phi) is 5.12. The first-order chi connectivity index (χ1) is 5.09. The summed E-state index contributed by atoms with van der Waals surface area (Å²) in [7, 11) is 1.95. The first kappa shape index (κ1) is 10.6. The van der Waals surface area contributed by atoms with E-state index in [1.807, 2.05) is 11.9 Å². The van der Waals surface area contributed by atoms with E-state index in [1.165, 1.54) is 0 Å². The number of hydrogen-bond acceptors (Lipinski definition) is 2. The highest BCUT2D eigenvalue weighted by Gasteiger charge is 2.05. The van der Waals surface area contributed by atoms with Crippen LogP contribution in [0.2, 0.25) is 0 Å². The molecule has 0 aromatic rings. The van der Waals surface area contributed by atoms with Crippen molar-refractivity contribution in [1.82, 2.24) is 4.90 Å². The molecule has 0 aliphatic heterocycles. The Labute approximate surface area is 73.8 Å². The van der Waals surface area contributed by atoms with Crippen molar-refractivity contribution in [3.05, 3.63) is 12.5 Å². The zero-order valence-electron chi connectivity index (χ0n) is 7.43. The molecule has 0 aliphatic carbocycles. The minimum absolute atomic E-state index is 0.415. The molecular formula is C8H16ClNO. The van der Waals surface area contributed by atoms with Crippen molar-refractivity contribution >= 4 is 11.6 Å². The summed E-state index contributed by atoms with van der Waals surface area (Å²) in [5.41, 5.74) is 0. The lowest BCUT2D eigenvalue weighted by Crippen LogP contribution is -2.26. The lowest BCUT2D eigenvalue weighted by molar-refractivity contribution is 0.123. The average molecular weight is 178 g/mol. The molecule has 0 radical (unpaired) electrons. The zero-order valence-corrected chi connectivity index (χ0v) is 8.19. The molecule has 0 atom stereocenters. The van der Waals surface area contributed by atoms with Crippen LogP contribution < -0.4 is 0 Å². The van der Waals surface area contributed by atoms with Crippen molar-refractivity contribution in [1.29, 1.82) is 0 Å². The fourth-order valence-corrected chi connectivity index (χ4v) is 0.623. The Morgan fingerprint density at radius 3 is 2.55 bits per heavy atom. The second-order valence-corrected chi connectivity index (χ2v) is 3.01. The van der Waals surface area contributed by atoms with E-state index in [1.54, 1.807) is 0 Å². The van der Waals surface area contributed by atoms with E-state index in [0.717, 1.165) is 0 Å². The summed E-state index contributed by atoms with van der Waals surface area (Å²) in [5.74, 6) is 1.19. The van der Waals surface area contributed by atoms with Crippen molar-refractivity contribution in [3.8, 4) is 0 Å². The van der Waals surface area contributed by atoms with Gasteiger partial charge in [0.15, 0.2) is 5.88 Å². The second-order valence-electron chi connectivity index (χ2n) is 2.64. The molecule has 0 aromatic carbocycles. The Bertz CT molecular complexity index is 125. The molecule has 0 spiro atoms. The third kappa shape index (κ3) is 4.14. The molecule has 0 fully saturated rings. The molecule has 0 heterocycles. The fourth-order valence-electron chi connectivity index (χ4n) is 0.546. The van der Waals surface area contributed by atoms with Crippen LogP contribution in [-0.4, -0.2) is 30.5 Å². The van der Waals surface area contributed by atoms with Gasteiger partial charge in [-0.15, -0.1) is 11.6 Å². The second kappa shape index (κ2) is 5.30. The van der Waals surface area contributed by atoms with Crippen LogP contribution in [0.5, 0.6) is 0 Å². The number of hydrogen-bond donors (Lipinski definition) is 0. The van der Waals surface area contributed by atoms with E-state index in [-0.39, 0.29) is 0 Å². The number of ether oxygens (including phenoxy) is 1. The molecule has 0 saturated heterocycles. The third-order valence-electron chi connectivity index (χ3n) is 1.51. The molecular weight excluding hydrogens is 162 g/mol. The van der Waals surface area contributed by atoms with E-state index in [0.29, 0.717) is 24.4 Å². The molecule has 0 rings (SSSR count). The van der Waals surface area contributed by atoms with Crippen LogP contribution in [0.3, 0.4) is 0 Å². The van der Waals surface area contributed by atoms with E-state index < -0.39 is 0 Å². The van der Waals surface area contributed by atoms with Crippen LogP contribution in [0, 0.1) is 0 Å². The lowest BCUT2D eigenvalue weighted by Gasteiger charge is -2.25. The van der Waals surface area contributed by atoms with Crippen LogP contribution in [-0.2, 0) is 4.74 Å². The molecule has 11 heavy (non-hydrogen) atoms. The maximum atomic E-state index is 5.45. The Morgan fingerprint density at radius 2 is 2.18 bits per heavy atom. The smallest absolute Gasteiger partial charge is 0.181 e. The van der Waals surface area contributed by atoms with E-state index >= 15 is 0 Å². The lowest BCUT2D eigenvalue weighted by atomic mass is 10.4. The third-order valence-corrected chi connectivity index (χ3v) is 1.67. The van der Waals surface area contributed by atoms with Gasteiger partial charge in [0.25, 0.3) is 0 Å². The Hall–Kier alpha value is -0.370. The molecule has 0 bridgehead atoms. The maximum absolute atomic E-state index is 5.45. The van der Waals surface area contributed by atoms with Gasteiger partial charge in [0.1, 0.15) is 6.61 Å². The van der Waals surface area contributed by atoms with Gasteiger partial charge in [0.2, 0.25) is 0 Å². The summed E-state index contributed by atoms with van der Waals surface area (Å²) in [6.45, 7) is 8.44. The minimum atomic E-state index is 0.415. The molecule has 0 aliphatic rings. The molecule has 0 N–H and O–H groups in total. The van der Waals surface area contributed by atoms with Gasteiger partial charge in [0.05, 0.1) is 5.88 Å². The van der Waals surface area contributed by atoms with E-state index in [4.69, 9.17) is 16.3 Å². The quantitative estimate of drug-likeness (QED) is 0.471. The van der Waals surface area contributed by atoms with Gasteiger partial charge in [-0.3, -0.25) is 0 Å². The van der Waals surface area contributed by atoms with Crippen molar-refractivity contribution in [3.63, 3.8) is 0 Å². The van der Waals surface area contributed by atoms with Crippen molar-refractivity contribution in [2.75, 3.05) is 19.5 Å². The highest BCUT2D eigenvalue weighted by atomic mass is 35.5. The van der Waals surface area contributed by atoms with Crippen LogP contribution in [0.15, 0.2) is 12.5 Å².